The van der Waals surface area contributed by atoms with Gasteiger partial charge in [-0.1, -0.05) is 11.6 Å². The van der Waals surface area contributed by atoms with E-state index in [1.165, 1.54) is 22.0 Å². The summed E-state index contributed by atoms with van der Waals surface area (Å²) in [5, 5.41) is 0.563. The van der Waals surface area contributed by atoms with Crippen LogP contribution in [0.1, 0.15) is 11.8 Å². The Morgan fingerprint density at radius 1 is 1.48 bits per heavy atom. The average molecular weight is 370 g/mol. The maximum atomic E-state index is 12.7. The van der Waals surface area contributed by atoms with Crippen molar-refractivity contribution in [2.75, 3.05) is 12.8 Å². The molecule has 23 heavy (non-hydrogen) atoms. The van der Waals surface area contributed by atoms with Crippen LogP contribution in [-0.2, 0) is 15.2 Å². The van der Waals surface area contributed by atoms with E-state index in [-0.39, 0.29) is 11.7 Å². The van der Waals surface area contributed by atoms with Gasteiger partial charge in [0.05, 0.1) is 25.4 Å². The zero-order valence-electron chi connectivity index (χ0n) is 12.7. The maximum absolute atomic E-state index is 12.7. The van der Waals surface area contributed by atoms with Gasteiger partial charge in [-0.2, -0.15) is 0 Å². The first kappa shape index (κ1) is 16.2. The first-order valence-corrected chi connectivity index (χ1v) is 9.77. The molecule has 6 nitrogen and oxygen atoms in total. The van der Waals surface area contributed by atoms with Crippen LogP contribution in [-0.4, -0.2) is 43.1 Å². The quantitative estimate of drug-likeness (QED) is 0.820. The lowest BCUT2D eigenvalue weighted by Gasteiger charge is -2.36. The Labute approximate surface area is 144 Å². The van der Waals surface area contributed by atoms with Crippen molar-refractivity contribution in [2.45, 2.75) is 12.5 Å². The van der Waals surface area contributed by atoms with Crippen molar-refractivity contribution in [1.82, 2.24) is 14.3 Å². The van der Waals surface area contributed by atoms with Gasteiger partial charge in [0.25, 0.3) is 0 Å². The first-order valence-electron chi connectivity index (χ1n) is 6.72. The number of thiophene rings is 1. The highest BCUT2D eigenvalue weighted by molar-refractivity contribution is 7.98. The van der Waals surface area contributed by atoms with E-state index in [2.05, 4.69) is 20.8 Å². The second-order valence-electron chi connectivity index (χ2n) is 5.57. The molecule has 0 bridgehead atoms. The molecule has 2 aromatic heterocycles. The van der Waals surface area contributed by atoms with E-state index in [9.17, 15) is 4.21 Å². The number of aliphatic imine (C=N–C) groups is 1. The van der Waals surface area contributed by atoms with Crippen LogP contribution in [0, 0.1) is 0 Å². The van der Waals surface area contributed by atoms with Gasteiger partial charge in [-0.15, -0.1) is 11.3 Å². The standard InChI is InChI=1S/C14H16ClN5OS2/c1-14(7-23(3,21)20(2)13(16)19-14)12-10(15)4-11(22-12)9-5-17-8-18-6-9/h4-6,8H,3,7H2,1-2H3,(H2,16,19)/t14-,23?/m0/s1. The van der Waals surface area contributed by atoms with Crippen LogP contribution in [0.5, 0.6) is 0 Å². The van der Waals surface area contributed by atoms with Crippen molar-refractivity contribution < 1.29 is 4.21 Å². The molecule has 3 heterocycles. The van der Waals surface area contributed by atoms with Gasteiger partial charge in [0.1, 0.15) is 11.9 Å². The van der Waals surface area contributed by atoms with Gasteiger partial charge in [0.15, 0.2) is 0 Å². The van der Waals surface area contributed by atoms with Crippen LogP contribution in [0.2, 0.25) is 5.02 Å². The van der Waals surface area contributed by atoms with Crippen LogP contribution in [0.25, 0.3) is 10.4 Å². The number of guanidine groups is 1. The second kappa shape index (κ2) is 5.47. The van der Waals surface area contributed by atoms with E-state index in [0.717, 1.165) is 15.3 Å². The summed E-state index contributed by atoms with van der Waals surface area (Å²) in [5.41, 5.74) is 6.03. The van der Waals surface area contributed by atoms with Crippen molar-refractivity contribution in [3.63, 3.8) is 0 Å². The first-order chi connectivity index (χ1) is 10.7. The van der Waals surface area contributed by atoms with Gasteiger partial charge in [-0.25, -0.2) is 19.2 Å². The van der Waals surface area contributed by atoms with E-state index in [1.54, 1.807) is 19.4 Å². The molecule has 0 amide bonds. The van der Waals surface area contributed by atoms with Crippen LogP contribution in [0.15, 0.2) is 29.8 Å². The van der Waals surface area contributed by atoms with Crippen molar-refractivity contribution in [1.29, 1.82) is 0 Å². The third kappa shape index (κ3) is 2.82. The Kier molecular flexibility index (Phi) is 3.86. The Morgan fingerprint density at radius 2 is 2.13 bits per heavy atom. The molecule has 2 aromatic rings. The van der Waals surface area contributed by atoms with E-state index < -0.39 is 15.2 Å². The highest BCUT2D eigenvalue weighted by Gasteiger charge is 2.39. The minimum absolute atomic E-state index is 0.202. The van der Waals surface area contributed by atoms with Gasteiger partial charge >= 0.3 is 0 Å². The third-order valence-electron chi connectivity index (χ3n) is 3.71. The topological polar surface area (TPSA) is 84.5 Å². The van der Waals surface area contributed by atoms with E-state index >= 15 is 0 Å². The number of hydrogen-bond donors (Lipinski definition) is 1. The molecule has 0 radical (unpaired) electrons. The second-order valence-corrected chi connectivity index (χ2v) is 9.41. The smallest absolute Gasteiger partial charge is 0.203 e. The molecule has 0 saturated carbocycles. The maximum Gasteiger partial charge on any atom is 0.203 e. The molecule has 2 atom stereocenters. The molecule has 0 aromatic carbocycles. The fourth-order valence-corrected chi connectivity index (χ4v) is 5.84. The summed E-state index contributed by atoms with van der Waals surface area (Å²) in [6, 6.07) is 1.85. The zero-order valence-corrected chi connectivity index (χ0v) is 15.1. The molecule has 0 saturated heterocycles. The SMILES string of the molecule is C=S1(=O)C[C@@](C)(c2sc(-c3cncnc3)cc2Cl)N=C(N)N1C. The monoisotopic (exact) mass is 369 g/mol. The molecule has 1 aliphatic heterocycles. The molecule has 1 aliphatic rings. The highest BCUT2D eigenvalue weighted by Crippen LogP contribution is 2.43. The zero-order chi connectivity index (χ0) is 16.8. The Hall–Kier alpha value is -1.64. The van der Waals surface area contributed by atoms with Crippen LogP contribution in [0.4, 0.5) is 0 Å². The molecule has 3 rings (SSSR count). The van der Waals surface area contributed by atoms with Gasteiger partial charge in [-0.3, -0.25) is 4.31 Å². The normalized spacial score (nSPS) is 27.8. The van der Waals surface area contributed by atoms with E-state index in [4.69, 9.17) is 17.3 Å². The number of hydrogen-bond acceptors (Lipinski definition) is 6. The fraction of sp³-hybridized carbons (Fsp3) is 0.286. The molecule has 2 N–H and O–H groups in total. The van der Waals surface area contributed by atoms with Crippen LogP contribution < -0.4 is 5.73 Å². The predicted octanol–water partition coefficient (Wildman–Crippen LogP) is 1.97. The summed E-state index contributed by atoms with van der Waals surface area (Å²) in [4.78, 5) is 14.3. The summed E-state index contributed by atoms with van der Waals surface area (Å²) in [6.07, 6.45) is 4.91. The summed E-state index contributed by atoms with van der Waals surface area (Å²) in [6.45, 7) is 1.88. The largest absolute Gasteiger partial charge is 0.369 e. The molecule has 9 heteroatoms. The van der Waals surface area contributed by atoms with Crippen LogP contribution >= 0.6 is 22.9 Å². The molecule has 122 valence electrons. The van der Waals surface area contributed by atoms with Crippen LogP contribution in [0.3, 0.4) is 0 Å². The van der Waals surface area contributed by atoms with E-state index in [1.807, 2.05) is 13.0 Å². The Morgan fingerprint density at radius 3 is 2.74 bits per heavy atom. The molecule has 0 spiro atoms. The third-order valence-corrected chi connectivity index (χ3v) is 7.76. The lowest BCUT2D eigenvalue weighted by Crippen LogP contribution is -2.50. The minimum atomic E-state index is -2.54. The molecule has 0 aliphatic carbocycles. The average Bonchev–Trinajstić information content (AvgIpc) is 2.88. The number of rotatable bonds is 2. The van der Waals surface area contributed by atoms with Gasteiger partial charge in [0, 0.05) is 29.9 Å². The van der Waals surface area contributed by atoms with Crippen molar-refractivity contribution in [2.24, 2.45) is 10.7 Å². The van der Waals surface area contributed by atoms with Gasteiger partial charge < -0.3 is 5.73 Å². The lowest BCUT2D eigenvalue weighted by molar-refractivity contribution is 0.522. The Bertz CT molecular complexity index is 878. The van der Waals surface area contributed by atoms with Crippen molar-refractivity contribution in [3.8, 4) is 10.4 Å². The molecule has 1 unspecified atom stereocenters. The lowest BCUT2D eigenvalue weighted by atomic mass is 10.0. The summed E-state index contributed by atoms with van der Waals surface area (Å²) in [7, 11) is -0.902. The van der Waals surface area contributed by atoms with Crippen molar-refractivity contribution in [3.05, 3.63) is 34.7 Å². The fourth-order valence-electron chi connectivity index (χ4n) is 2.48. The number of halogens is 1. The molecule has 0 fully saturated rings. The summed E-state index contributed by atoms with van der Waals surface area (Å²) in [5.74, 6) is 4.26. The molecular formula is C14H16ClN5OS2. The van der Waals surface area contributed by atoms with E-state index in [0.29, 0.717) is 5.02 Å². The summed E-state index contributed by atoms with van der Waals surface area (Å²) < 4.78 is 14.2. The van der Waals surface area contributed by atoms with Crippen molar-refractivity contribution >= 4 is 44.5 Å². The number of aromatic nitrogens is 2. The molecular weight excluding hydrogens is 354 g/mol. The predicted molar refractivity (Wildman–Crippen MR) is 97.2 cm³/mol. The summed E-state index contributed by atoms with van der Waals surface area (Å²) >= 11 is 7.90. The highest BCUT2D eigenvalue weighted by atomic mass is 35.5. The Balaban J connectivity index is 2.11. The van der Waals surface area contributed by atoms with Gasteiger partial charge in [0.2, 0.25) is 5.96 Å². The van der Waals surface area contributed by atoms with Gasteiger partial charge in [-0.05, 0) is 18.9 Å². The minimum Gasteiger partial charge on any atom is -0.369 e. The number of nitrogens with zero attached hydrogens (tertiary/aromatic N) is 4. The number of nitrogens with two attached hydrogens (primary N) is 1.